The van der Waals surface area contributed by atoms with Crippen LogP contribution in [0.4, 0.5) is 0 Å². The van der Waals surface area contributed by atoms with Gasteiger partial charge in [0.25, 0.3) is 0 Å². The van der Waals surface area contributed by atoms with Gasteiger partial charge in [0, 0.05) is 10.4 Å². The highest BCUT2D eigenvalue weighted by molar-refractivity contribution is 6.23. The van der Waals surface area contributed by atoms with Crippen molar-refractivity contribution in [2.45, 2.75) is 0 Å². The van der Waals surface area contributed by atoms with Gasteiger partial charge in [-0.25, -0.2) is 0 Å². The maximum Gasteiger partial charge on any atom is 0.136 e. The lowest BCUT2D eigenvalue weighted by molar-refractivity contribution is 1.49. The van der Waals surface area contributed by atoms with Crippen molar-refractivity contribution < 1.29 is 0 Å². The third kappa shape index (κ3) is 2.05. The Morgan fingerprint density at radius 1 is 0.500 bits per heavy atom. The minimum atomic E-state index is 0.0834. The minimum Gasteiger partial charge on any atom is -0.192 e. The van der Waals surface area contributed by atoms with E-state index in [-0.39, 0.29) is 11.1 Å². The zero-order valence-electron chi connectivity index (χ0n) is 13.4. The van der Waals surface area contributed by atoms with Crippen LogP contribution in [0.3, 0.4) is 0 Å². The molecular formula is C22H8N4. The Morgan fingerprint density at radius 3 is 1.00 bits per heavy atom. The summed E-state index contributed by atoms with van der Waals surface area (Å²) in [6.45, 7) is 0. The van der Waals surface area contributed by atoms with Crippen LogP contribution < -0.4 is 10.4 Å². The van der Waals surface area contributed by atoms with Gasteiger partial charge in [-0.1, -0.05) is 24.3 Å². The molecule has 0 aromatic heterocycles. The van der Waals surface area contributed by atoms with Crippen molar-refractivity contribution in [2.24, 2.45) is 0 Å². The Kier molecular flexibility index (Phi) is 3.27. The van der Waals surface area contributed by atoms with Crippen LogP contribution in [0.1, 0.15) is 0 Å². The lowest BCUT2D eigenvalue weighted by atomic mass is 9.92. The third-order valence-electron chi connectivity index (χ3n) is 4.56. The van der Waals surface area contributed by atoms with E-state index in [0.717, 1.165) is 32.3 Å². The molecule has 0 unspecified atom stereocenters. The van der Waals surface area contributed by atoms with Crippen LogP contribution in [-0.4, -0.2) is 0 Å². The van der Waals surface area contributed by atoms with Crippen molar-refractivity contribution in [2.75, 3.05) is 0 Å². The van der Waals surface area contributed by atoms with Crippen LogP contribution >= 0.6 is 0 Å². The van der Waals surface area contributed by atoms with Crippen LogP contribution in [-0.2, 0) is 0 Å². The summed E-state index contributed by atoms with van der Waals surface area (Å²) in [5, 5.41) is 43.6. The number of hydrogen-bond donors (Lipinski definition) is 0. The highest BCUT2D eigenvalue weighted by Gasteiger charge is 2.10. The van der Waals surface area contributed by atoms with Crippen LogP contribution in [0.25, 0.3) is 43.5 Å². The zero-order chi connectivity index (χ0) is 18.3. The molecular weight excluding hydrogens is 320 g/mol. The quantitative estimate of drug-likeness (QED) is 0.464. The second-order valence-electron chi connectivity index (χ2n) is 5.92. The number of rotatable bonds is 0. The maximum absolute atomic E-state index is 9.15. The van der Waals surface area contributed by atoms with E-state index in [0.29, 0.717) is 10.4 Å². The molecule has 0 aliphatic heterocycles. The van der Waals surface area contributed by atoms with Crippen molar-refractivity contribution in [3.8, 4) is 24.3 Å². The third-order valence-corrected chi connectivity index (χ3v) is 4.56. The Hall–Kier alpha value is -4.38. The maximum atomic E-state index is 9.15. The Balaban J connectivity index is 2.26. The molecule has 0 N–H and O–H groups in total. The lowest BCUT2D eigenvalue weighted by Crippen LogP contribution is -2.06. The van der Waals surface area contributed by atoms with E-state index in [4.69, 9.17) is 21.0 Å². The van der Waals surface area contributed by atoms with Crippen LogP contribution in [0.5, 0.6) is 0 Å². The summed E-state index contributed by atoms with van der Waals surface area (Å²) in [4.78, 5) is 0. The second kappa shape index (κ2) is 5.61. The first-order valence-corrected chi connectivity index (χ1v) is 7.78. The lowest BCUT2D eigenvalue weighted by Gasteiger charge is -2.11. The number of nitrogens with zero attached hydrogens (tertiary/aromatic N) is 4. The van der Waals surface area contributed by atoms with E-state index in [1.165, 1.54) is 0 Å². The van der Waals surface area contributed by atoms with Crippen molar-refractivity contribution in [3.63, 3.8) is 0 Å². The van der Waals surface area contributed by atoms with Crippen molar-refractivity contribution >= 4 is 43.5 Å². The van der Waals surface area contributed by atoms with Gasteiger partial charge in [-0.05, 0) is 56.6 Å². The fraction of sp³-hybridized carbons (Fsp3) is 0. The van der Waals surface area contributed by atoms with Gasteiger partial charge < -0.3 is 0 Å². The SMILES string of the molecule is N#CC(C#N)=c1cc2ccc3cc(=C(C#N)C#N)cc4ccc(c1)c2c34. The Labute approximate surface area is 148 Å². The van der Waals surface area contributed by atoms with Gasteiger partial charge in [0.2, 0.25) is 0 Å². The first kappa shape index (κ1) is 15.2. The summed E-state index contributed by atoms with van der Waals surface area (Å²) in [5.41, 5.74) is 0.167. The fourth-order valence-electron chi connectivity index (χ4n) is 3.43. The van der Waals surface area contributed by atoms with Gasteiger partial charge in [0.1, 0.15) is 35.4 Å². The van der Waals surface area contributed by atoms with Crippen molar-refractivity contribution in [3.05, 3.63) is 59.0 Å². The standard InChI is InChI=1S/C22H8N4/c23-9-19(10-24)17-5-13-1-2-14-6-18(20(11-25)12-26)8-16-4-3-15(7-17)21(13)22(14)16/h1-8H. The molecule has 4 rings (SSSR count). The number of benzene rings is 4. The van der Waals surface area contributed by atoms with Gasteiger partial charge in [-0.15, -0.1) is 0 Å². The smallest absolute Gasteiger partial charge is 0.136 e. The monoisotopic (exact) mass is 328 g/mol. The number of hydrogen-bond acceptors (Lipinski definition) is 4. The molecule has 4 nitrogen and oxygen atoms in total. The van der Waals surface area contributed by atoms with Gasteiger partial charge in [-0.3, -0.25) is 0 Å². The van der Waals surface area contributed by atoms with E-state index >= 15 is 0 Å². The largest absolute Gasteiger partial charge is 0.192 e. The second-order valence-corrected chi connectivity index (χ2v) is 5.92. The normalized spacial score (nSPS) is 10.2. The minimum absolute atomic E-state index is 0.0834. The van der Waals surface area contributed by atoms with E-state index < -0.39 is 0 Å². The van der Waals surface area contributed by atoms with E-state index in [9.17, 15) is 0 Å². The zero-order valence-corrected chi connectivity index (χ0v) is 13.4. The van der Waals surface area contributed by atoms with Gasteiger partial charge in [-0.2, -0.15) is 21.0 Å². The highest BCUT2D eigenvalue weighted by atomic mass is 14.3. The molecule has 0 saturated heterocycles. The van der Waals surface area contributed by atoms with Gasteiger partial charge >= 0.3 is 0 Å². The van der Waals surface area contributed by atoms with Crippen LogP contribution in [0.2, 0.25) is 0 Å². The Bertz CT molecular complexity index is 1290. The van der Waals surface area contributed by atoms with E-state index in [1.807, 2.05) is 72.8 Å². The Morgan fingerprint density at radius 2 is 0.769 bits per heavy atom. The molecule has 0 amide bonds. The summed E-state index contributed by atoms with van der Waals surface area (Å²) in [5.74, 6) is 0. The molecule has 0 aliphatic carbocycles. The highest BCUT2D eigenvalue weighted by Crippen LogP contribution is 2.32. The average Bonchev–Trinajstić information content (AvgIpc) is 2.67. The molecule has 0 fully saturated rings. The van der Waals surface area contributed by atoms with Gasteiger partial charge in [0.05, 0.1) is 0 Å². The van der Waals surface area contributed by atoms with E-state index in [1.54, 1.807) is 0 Å². The van der Waals surface area contributed by atoms with Gasteiger partial charge in [0.15, 0.2) is 0 Å². The molecule has 4 heteroatoms. The molecule has 0 heterocycles. The predicted molar refractivity (Wildman–Crippen MR) is 98.7 cm³/mol. The van der Waals surface area contributed by atoms with Crippen molar-refractivity contribution in [1.82, 2.24) is 0 Å². The van der Waals surface area contributed by atoms with Crippen LogP contribution in [0, 0.1) is 45.3 Å². The molecule has 0 saturated carbocycles. The summed E-state index contributed by atoms with van der Waals surface area (Å²) >= 11 is 0. The first-order valence-electron chi connectivity index (χ1n) is 7.78. The summed E-state index contributed by atoms with van der Waals surface area (Å²) in [6.07, 6.45) is 0. The number of nitriles is 4. The predicted octanol–water partition coefficient (Wildman–Crippen LogP) is 2.98. The summed E-state index contributed by atoms with van der Waals surface area (Å²) < 4.78 is 0. The molecule has 0 bridgehead atoms. The summed E-state index contributed by atoms with van der Waals surface area (Å²) in [6, 6.07) is 22.9. The topological polar surface area (TPSA) is 95.2 Å². The van der Waals surface area contributed by atoms with Crippen molar-refractivity contribution in [1.29, 1.82) is 21.0 Å². The molecule has 0 aliphatic rings. The van der Waals surface area contributed by atoms with E-state index in [2.05, 4.69) is 0 Å². The molecule has 0 spiro atoms. The molecule has 0 atom stereocenters. The average molecular weight is 328 g/mol. The fourth-order valence-corrected chi connectivity index (χ4v) is 3.43. The first-order chi connectivity index (χ1) is 12.7. The molecule has 0 radical (unpaired) electrons. The summed E-state index contributed by atoms with van der Waals surface area (Å²) in [7, 11) is 0. The molecule has 26 heavy (non-hydrogen) atoms. The molecule has 4 aromatic rings. The molecule has 116 valence electrons. The molecule has 4 aromatic carbocycles. The van der Waals surface area contributed by atoms with Crippen LogP contribution in [0.15, 0.2) is 48.5 Å².